The number of rotatable bonds is 5. The van der Waals surface area contributed by atoms with Gasteiger partial charge in [-0.05, 0) is 36.1 Å². The Hall–Kier alpha value is -1.62. The van der Waals surface area contributed by atoms with E-state index in [1.807, 2.05) is 19.1 Å². The van der Waals surface area contributed by atoms with Gasteiger partial charge >= 0.3 is 5.63 Å². The van der Waals surface area contributed by atoms with E-state index < -0.39 is 0 Å². The molecule has 126 valence electrons. The molecule has 0 radical (unpaired) electrons. The van der Waals surface area contributed by atoms with Crippen molar-refractivity contribution in [2.24, 2.45) is 5.92 Å². The van der Waals surface area contributed by atoms with Crippen LogP contribution in [0.5, 0.6) is 0 Å². The van der Waals surface area contributed by atoms with Crippen LogP contribution in [-0.4, -0.2) is 0 Å². The van der Waals surface area contributed by atoms with E-state index in [1.54, 1.807) is 17.4 Å². The molecular formula is C19H21ClNO2S+. The molecule has 0 saturated heterocycles. The Morgan fingerprint density at radius 3 is 2.75 bits per heavy atom. The lowest BCUT2D eigenvalue weighted by Crippen LogP contribution is -2.84. The van der Waals surface area contributed by atoms with Gasteiger partial charge in [-0.2, -0.15) is 0 Å². The van der Waals surface area contributed by atoms with Crippen LogP contribution in [0.25, 0.3) is 11.0 Å². The van der Waals surface area contributed by atoms with Crippen LogP contribution >= 0.6 is 22.9 Å². The largest absolute Gasteiger partial charge is 0.423 e. The van der Waals surface area contributed by atoms with Crippen molar-refractivity contribution in [2.45, 2.75) is 33.4 Å². The minimum absolute atomic E-state index is 0.315. The summed E-state index contributed by atoms with van der Waals surface area (Å²) in [5.74, 6) is 0.501. The molecule has 1 atom stereocenters. The molecule has 0 saturated carbocycles. The van der Waals surface area contributed by atoms with Gasteiger partial charge in [0.25, 0.3) is 0 Å². The fourth-order valence-electron chi connectivity index (χ4n) is 2.97. The zero-order chi connectivity index (χ0) is 17.3. The van der Waals surface area contributed by atoms with E-state index in [9.17, 15) is 4.79 Å². The number of aryl methyl sites for hydroxylation is 1. The molecule has 0 spiro atoms. The van der Waals surface area contributed by atoms with Gasteiger partial charge in [0.05, 0.1) is 4.88 Å². The molecule has 2 heterocycles. The van der Waals surface area contributed by atoms with E-state index in [-0.39, 0.29) is 5.63 Å². The van der Waals surface area contributed by atoms with E-state index in [4.69, 9.17) is 16.0 Å². The Kier molecular flexibility index (Phi) is 5.09. The Morgan fingerprint density at radius 1 is 1.29 bits per heavy atom. The van der Waals surface area contributed by atoms with Crippen LogP contribution in [0.2, 0.25) is 5.02 Å². The third-order valence-corrected chi connectivity index (χ3v) is 5.67. The summed E-state index contributed by atoms with van der Waals surface area (Å²) >= 11 is 8.04. The normalized spacial score (nSPS) is 12.9. The minimum atomic E-state index is -0.315. The summed E-state index contributed by atoms with van der Waals surface area (Å²) in [5.41, 5.74) is 2.16. The van der Waals surface area contributed by atoms with Crippen molar-refractivity contribution in [3.8, 4) is 0 Å². The highest BCUT2D eigenvalue weighted by atomic mass is 35.5. The predicted molar refractivity (Wildman–Crippen MR) is 99.8 cm³/mol. The van der Waals surface area contributed by atoms with Crippen LogP contribution in [-0.2, 0) is 6.54 Å². The SMILES string of the molecule is Cc1cc2oc(=O)cc(C[NH2+][C@@H](c3cccs3)C(C)C)c2cc1Cl. The van der Waals surface area contributed by atoms with Crippen LogP contribution in [0.1, 0.15) is 35.9 Å². The molecule has 2 N–H and O–H groups in total. The number of hydrogen-bond donors (Lipinski definition) is 1. The third-order valence-electron chi connectivity index (χ3n) is 4.29. The molecular weight excluding hydrogens is 342 g/mol. The molecule has 3 aromatic rings. The van der Waals surface area contributed by atoms with Gasteiger partial charge in [-0.25, -0.2) is 4.79 Å². The molecule has 3 rings (SSSR count). The molecule has 0 bridgehead atoms. The summed E-state index contributed by atoms with van der Waals surface area (Å²) in [6, 6.07) is 9.93. The Morgan fingerprint density at radius 2 is 2.08 bits per heavy atom. The minimum Gasteiger partial charge on any atom is -0.423 e. The molecule has 1 aromatic carbocycles. The standard InChI is InChI=1S/C19H20ClNO2S/c1-11(2)19(17-5-4-6-24-17)21-10-13-8-18(22)23-16-7-12(3)15(20)9-14(13)16/h4-9,11,19,21H,10H2,1-3H3/p+1/t19-/m1/s1. The van der Waals surface area contributed by atoms with Gasteiger partial charge in [0.15, 0.2) is 0 Å². The number of thiophene rings is 1. The quantitative estimate of drug-likeness (QED) is 0.689. The second kappa shape index (κ2) is 7.09. The van der Waals surface area contributed by atoms with Crippen LogP contribution in [0.15, 0.2) is 44.9 Å². The van der Waals surface area contributed by atoms with Gasteiger partial charge in [0.1, 0.15) is 18.2 Å². The zero-order valence-electron chi connectivity index (χ0n) is 14.0. The molecule has 5 heteroatoms. The summed E-state index contributed by atoms with van der Waals surface area (Å²) in [5, 5.41) is 6.00. The first-order valence-corrected chi connectivity index (χ1v) is 9.31. The summed E-state index contributed by atoms with van der Waals surface area (Å²) in [4.78, 5) is 13.2. The van der Waals surface area contributed by atoms with Gasteiger partial charge in [-0.1, -0.05) is 31.5 Å². The Bertz CT molecular complexity index is 900. The number of quaternary nitrogens is 1. The lowest BCUT2D eigenvalue weighted by molar-refractivity contribution is -0.716. The van der Waals surface area contributed by atoms with Crippen molar-refractivity contribution in [3.63, 3.8) is 0 Å². The highest BCUT2D eigenvalue weighted by Gasteiger charge is 2.21. The van der Waals surface area contributed by atoms with Crippen LogP contribution < -0.4 is 10.9 Å². The fraction of sp³-hybridized carbons (Fsp3) is 0.316. The van der Waals surface area contributed by atoms with E-state index >= 15 is 0 Å². The van der Waals surface area contributed by atoms with E-state index in [1.165, 1.54) is 4.88 Å². The maximum atomic E-state index is 11.9. The number of fused-ring (bicyclic) bond motifs is 1. The predicted octanol–water partition coefficient (Wildman–Crippen LogP) is 4.28. The van der Waals surface area contributed by atoms with Crippen molar-refractivity contribution >= 4 is 33.9 Å². The van der Waals surface area contributed by atoms with Gasteiger partial charge < -0.3 is 9.73 Å². The second-order valence-electron chi connectivity index (χ2n) is 6.41. The highest BCUT2D eigenvalue weighted by molar-refractivity contribution is 7.10. The molecule has 0 amide bonds. The van der Waals surface area contributed by atoms with Crippen molar-refractivity contribution in [2.75, 3.05) is 0 Å². The maximum Gasteiger partial charge on any atom is 0.336 e. The van der Waals surface area contributed by atoms with Crippen molar-refractivity contribution in [1.29, 1.82) is 0 Å². The molecule has 24 heavy (non-hydrogen) atoms. The first-order valence-electron chi connectivity index (χ1n) is 8.05. The molecule has 0 fully saturated rings. The molecule has 0 aliphatic rings. The van der Waals surface area contributed by atoms with Crippen LogP contribution in [0.3, 0.4) is 0 Å². The summed E-state index contributed by atoms with van der Waals surface area (Å²) in [7, 11) is 0. The monoisotopic (exact) mass is 362 g/mol. The third kappa shape index (κ3) is 3.56. The summed E-state index contributed by atoms with van der Waals surface area (Å²) in [6.07, 6.45) is 0. The number of halogens is 1. The maximum absolute atomic E-state index is 11.9. The Labute approximate surface area is 150 Å². The first kappa shape index (κ1) is 17.2. The van der Waals surface area contributed by atoms with Crippen molar-refractivity contribution < 1.29 is 9.73 Å². The smallest absolute Gasteiger partial charge is 0.336 e. The van der Waals surface area contributed by atoms with Crippen molar-refractivity contribution in [3.05, 3.63) is 67.2 Å². The number of hydrogen-bond acceptors (Lipinski definition) is 3. The van der Waals surface area contributed by atoms with Gasteiger partial charge in [-0.3, -0.25) is 0 Å². The number of benzene rings is 1. The molecule has 0 aliphatic carbocycles. The molecule has 0 unspecified atom stereocenters. The molecule has 3 nitrogen and oxygen atoms in total. The van der Waals surface area contributed by atoms with E-state index in [0.29, 0.717) is 29.1 Å². The van der Waals surface area contributed by atoms with E-state index in [2.05, 4.69) is 36.7 Å². The fourth-order valence-corrected chi connectivity index (χ4v) is 4.13. The topological polar surface area (TPSA) is 46.8 Å². The first-order chi connectivity index (χ1) is 11.5. The molecule has 0 aliphatic heterocycles. The summed E-state index contributed by atoms with van der Waals surface area (Å²) in [6.45, 7) is 7.06. The van der Waals surface area contributed by atoms with Gasteiger partial charge in [-0.15, -0.1) is 11.3 Å². The average Bonchev–Trinajstić information content (AvgIpc) is 3.03. The lowest BCUT2D eigenvalue weighted by Gasteiger charge is -2.18. The van der Waals surface area contributed by atoms with Gasteiger partial charge in [0.2, 0.25) is 0 Å². The van der Waals surface area contributed by atoms with Crippen molar-refractivity contribution in [1.82, 2.24) is 0 Å². The van der Waals surface area contributed by atoms with E-state index in [0.717, 1.165) is 16.5 Å². The lowest BCUT2D eigenvalue weighted by atomic mass is 10.0. The van der Waals surface area contributed by atoms with Crippen LogP contribution in [0.4, 0.5) is 0 Å². The van der Waals surface area contributed by atoms with Crippen LogP contribution in [0, 0.1) is 12.8 Å². The zero-order valence-corrected chi connectivity index (χ0v) is 15.6. The second-order valence-corrected chi connectivity index (χ2v) is 7.80. The highest BCUT2D eigenvalue weighted by Crippen LogP contribution is 2.26. The summed E-state index contributed by atoms with van der Waals surface area (Å²) < 4.78 is 5.34. The molecule has 2 aromatic heterocycles. The Balaban J connectivity index is 1.94. The number of nitrogens with two attached hydrogens (primary N) is 1. The average molecular weight is 363 g/mol. The van der Waals surface area contributed by atoms with Gasteiger partial charge in [0, 0.05) is 28.0 Å².